The lowest BCUT2D eigenvalue weighted by Crippen LogP contribution is -2.15. The van der Waals surface area contributed by atoms with Crippen LogP contribution in [-0.4, -0.2) is 21.1 Å². The summed E-state index contributed by atoms with van der Waals surface area (Å²) in [6, 6.07) is 15.0. The molecule has 0 N–H and O–H groups in total. The standard InChI is InChI=1S/C20H15BrN2O3S2/c1-12-8-13(21)6-7-16(12)27-11-19(25)26-10-14-9-18(24)23-15-4-2-3-5-17(15)28-20(23)22-14/h2-9H,10-11H2,1H3. The molecule has 5 nitrogen and oxygen atoms in total. The van der Waals surface area contributed by atoms with Gasteiger partial charge in [0.05, 0.1) is 21.7 Å². The average molecular weight is 475 g/mol. The van der Waals surface area contributed by atoms with Gasteiger partial charge in [-0.05, 0) is 42.8 Å². The van der Waals surface area contributed by atoms with Crippen LogP contribution in [0.1, 0.15) is 11.3 Å². The van der Waals surface area contributed by atoms with Crippen molar-refractivity contribution in [3.05, 3.63) is 74.6 Å². The highest BCUT2D eigenvalue weighted by atomic mass is 79.9. The Labute approximate surface area is 177 Å². The van der Waals surface area contributed by atoms with Crippen LogP contribution in [0.15, 0.2) is 62.7 Å². The smallest absolute Gasteiger partial charge is 0.316 e. The maximum atomic E-state index is 12.5. The van der Waals surface area contributed by atoms with E-state index in [0.717, 1.165) is 25.1 Å². The number of aryl methyl sites for hydroxylation is 1. The van der Waals surface area contributed by atoms with Crippen molar-refractivity contribution < 1.29 is 9.53 Å². The van der Waals surface area contributed by atoms with E-state index in [2.05, 4.69) is 20.9 Å². The van der Waals surface area contributed by atoms with Gasteiger partial charge in [0.1, 0.15) is 6.61 Å². The Morgan fingerprint density at radius 2 is 2.07 bits per heavy atom. The summed E-state index contributed by atoms with van der Waals surface area (Å²) in [6.45, 7) is 1.98. The van der Waals surface area contributed by atoms with E-state index >= 15 is 0 Å². The number of para-hydroxylation sites is 1. The van der Waals surface area contributed by atoms with Crippen LogP contribution in [0, 0.1) is 6.92 Å². The Morgan fingerprint density at radius 1 is 1.25 bits per heavy atom. The zero-order valence-corrected chi connectivity index (χ0v) is 18.1. The SMILES string of the molecule is Cc1cc(Br)ccc1SCC(=O)OCc1cc(=O)n2c(n1)sc1ccccc12. The van der Waals surface area contributed by atoms with Crippen molar-refractivity contribution in [2.24, 2.45) is 0 Å². The summed E-state index contributed by atoms with van der Waals surface area (Å²) in [5.74, 6) is -0.141. The second-order valence-corrected chi connectivity index (χ2v) is 9.07. The van der Waals surface area contributed by atoms with Gasteiger partial charge < -0.3 is 4.74 Å². The molecule has 0 radical (unpaired) electrons. The molecule has 2 heterocycles. The minimum absolute atomic E-state index is 0.0152. The highest BCUT2D eigenvalue weighted by Gasteiger charge is 2.11. The number of esters is 1. The summed E-state index contributed by atoms with van der Waals surface area (Å²) in [6.07, 6.45) is 0. The quantitative estimate of drug-likeness (QED) is 0.306. The Kier molecular flexibility index (Phi) is 5.52. The third-order valence-electron chi connectivity index (χ3n) is 4.11. The molecule has 28 heavy (non-hydrogen) atoms. The van der Waals surface area contributed by atoms with Crippen molar-refractivity contribution in [2.75, 3.05) is 5.75 Å². The van der Waals surface area contributed by atoms with Crippen molar-refractivity contribution >= 4 is 60.2 Å². The van der Waals surface area contributed by atoms with Gasteiger partial charge in [0.15, 0.2) is 4.96 Å². The predicted molar refractivity (Wildman–Crippen MR) is 116 cm³/mol. The molecule has 8 heteroatoms. The number of thiazole rings is 1. The van der Waals surface area contributed by atoms with Crippen molar-refractivity contribution in [3.63, 3.8) is 0 Å². The number of aromatic nitrogens is 2. The molecule has 0 saturated carbocycles. The monoisotopic (exact) mass is 474 g/mol. The number of carbonyl (C=O) groups excluding carboxylic acids is 1. The summed E-state index contributed by atoms with van der Waals surface area (Å²) < 4.78 is 8.89. The van der Waals surface area contributed by atoms with Gasteiger partial charge in [-0.25, -0.2) is 4.98 Å². The topological polar surface area (TPSA) is 60.7 Å². The Balaban J connectivity index is 1.44. The number of rotatable bonds is 5. The van der Waals surface area contributed by atoms with Crippen LogP contribution in [-0.2, 0) is 16.1 Å². The highest BCUT2D eigenvalue weighted by Crippen LogP contribution is 2.26. The molecule has 0 unspecified atom stereocenters. The van der Waals surface area contributed by atoms with Crippen LogP contribution in [0.3, 0.4) is 0 Å². The fraction of sp³-hybridized carbons (Fsp3) is 0.150. The number of fused-ring (bicyclic) bond motifs is 3. The molecule has 0 bridgehead atoms. The molecule has 0 aliphatic rings. The van der Waals surface area contributed by atoms with E-state index in [1.165, 1.54) is 29.2 Å². The second-order valence-electron chi connectivity index (χ2n) is 6.13. The second kappa shape index (κ2) is 8.06. The molecule has 2 aromatic heterocycles. The lowest BCUT2D eigenvalue weighted by atomic mass is 10.2. The zero-order chi connectivity index (χ0) is 19.7. The molecule has 0 aliphatic carbocycles. The van der Waals surface area contributed by atoms with Crippen molar-refractivity contribution in [1.29, 1.82) is 0 Å². The van der Waals surface area contributed by atoms with E-state index in [1.807, 2.05) is 49.4 Å². The van der Waals surface area contributed by atoms with E-state index in [9.17, 15) is 9.59 Å². The maximum absolute atomic E-state index is 12.5. The maximum Gasteiger partial charge on any atom is 0.316 e. The summed E-state index contributed by atoms with van der Waals surface area (Å²) >= 11 is 6.29. The molecule has 0 spiro atoms. The van der Waals surface area contributed by atoms with Crippen LogP contribution in [0.25, 0.3) is 15.2 Å². The van der Waals surface area contributed by atoms with E-state index in [1.54, 1.807) is 4.40 Å². The lowest BCUT2D eigenvalue weighted by molar-refractivity contribution is -0.141. The van der Waals surface area contributed by atoms with Gasteiger partial charge in [-0.1, -0.05) is 39.4 Å². The Morgan fingerprint density at radius 3 is 2.89 bits per heavy atom. The molecule has 4 aromatic rings. The van der Waals surface area contributed by atoms with Gasteiger partial charge in [0.25, 0.3) is 5.56 Å². The average Bonchev–Trinajstić information content (AvgIpc) is 3.04. The molecule has 0 saturated heterocycles. The van der Waals surface area contributed by atoms with E-state index in [4.69, 9.17) is 4.74 Å². The fourth-order valence-corrected chi connectivity index (χ4v) is 5.14. The van der Waals surface area contributed by atoms with Crippen LogP contribution >= 0.6 is 39.0 Å². The molecule has 0 aliphatic heterocycles. The number of hydrogen-bond donors (Lipinski definition) is 0. The molecule has 4 rings (SSSR count). The molecule has 142 valence electrons. The van der Waals surface area contributed by atoms with Crippen molar-refractivity contribution in [2.45, 2.75) is 18.4 Å². The number of halogens is 1. The van der Waals surface area contributed by atoms with Crippen LogP contribution in [0.4, 0.5) is 0 Å². The fourth-order valence-electron chi connectivity index (χ4n) is 2.80. The van der Waals surface area contributed by atoms with Gasteiger partial charge in [0.2, 0.25) is 0 Å². The third-order valence-corrected chi connectivity index (χ3v) is 6.78. The summed E-state index contributed by atoms with van der Waals surface area (Å²) in [5, 5.41) is 0. The van der Waals surface area contributed by atoms with Gasteiger partial charge >= 0.3 is 5.97 Å². The number of carbonyl (C=O) groups is 1. The molecule has 0 fully saturated rings. The first-order valence-corrected chi connectivity index (χ1v) is 11.1. The van der Waals surface area contributed by atoms with Crippen LogP contribution in [0.5, 0.6) is 0 Å². The minimum atomic E-state index is -0.342. The first-order valence-electron chi connectivity index (χ1n) is 8.46. The van der Waals surface area contributed by atoms with Crippen LogP contribution < -0.4 is 5.56 Å². The van der Waals surface area contributed by atoms with Crippen molar-refractivity contribution in [1.82, 2.24) is 9.38 Å². The largest absolute Gasteiger partial charge is 0.459 e. The molecule has 0 amide bonds. The lowest BCUT2D eigenvalue weighted by Gasteiger charge is -2.07. The van der Waals surface area contributed by atoms with Crippen LogP contribution in [0.2, 0.25) is 0 Å². The Hall–Kier alpha value is -2.16. The third kappa shape index (κ3) is 3.99. The molecule has 2 aromatic carbocycles. The zero-order valence-electron chi connectivity index (χ0n) is 14.8. The minimum Gasteiger partial charge on any atom is -0.459 e. The molecular formula is C20H15BrN2O3S2. The summed E-state index contributed by atoms with van der Waals surface area (Å²) in [5.41, 5.74) is 2.21. The predicted octanol–water partition coefficient (Wildman–Crippen LogP) is 4.82. The number of nitrogens with zero attached hydrogens (tertiary/aromatic N) is 2. The van der Waals surface area contributed by atoms with Gasteiger partial charge in [-0.3, -0.25) is 14.0 Å². The summed E-state index contributed by atoms with van der Waals surface area (Å²) in [4.78, 5) is 30.7. The highest BCUT2D eigenvalue weighted by molar-refractivity contribution is 9.10. The molecular weight excluding hydrogens is 460 g/mol. The number of hydrogen-bond acceptors (Lipinski definition) is 6. The normalized spacial score (nSPS) is 11.2. The van der Waals surface area contributed by atoms with E-state index in [0.29, 0.717) is 10.7 Å². The number of thioether (sulfide) groups is 1. The van der Waals surface area contributed by atoms with Gasteiger partial charge in [-0.2, -0.15) is 0 Å². The number of ether oxygens (including phenoxy) is 1. The first kappa shape index (κ1) is 19.2. The van der Waals surface area contributed by atoms with Gasteiger partial charge in [0, 0.05) is 15.4 Å². The Bertz CT molecular complexity index is 1250. The first-order chi connectivity index (χ1) is 13.5. The van der Waals surface area contributed by atoms with E-state index < -0.39 is 0 Å². The number of benzene rings is 2. The van der Waals surface area contributed by atoms with Crippen molar-refractivity contribution in [3.8, 4) is 0 Å². The molecule has 0 atom stereocenters. The van der Waals surface area contributed by atoms with Gasteiger partial charge in [-0.15, -0.1) is 11.8 Å². The summed E-state index contributed by atoms with van der Waals surface area (Å²) in [7, 11) is 0. The van der Waals surface area contributed by atoms with E-state index in [-0.39, 0.29) is 23.9 Å².